The molecule has 1 aromatic carbocycles. The Labute approximate surface area is 168 Å². The molecule has 0 saturated carbocycles. The third-order valence-corrected chi connectivity index (χ3v) is 6.20. The van der Waals surface area contributed by atoms with Gasteiger partial charge in [0.2, 0.25) is 0 Å². The predicted octanol–water partition coefficient (Wildman–Crippen LogP) is 2.10. The van der Waals surface area contributed by atoms with Crippen LogP contribution in [0, 0.1) is 5.41 Å². The Hall–Kier alpha value is -1.63. The van der Waals surface area contributed by atoms with Gasteiger partial charge in [0.25, 0.3) is 0 Å². The summed E-state index contributed by atoms with van der Waals surface area (Å²) in [6, 6.07) is 8.93. The highest BCUT2D eigenvalue weighted by Crippen LogP contribution is 2.38. The van der Waals surface area contributed by atoms with Crippen LogP contribution < -0.4 is 5.32 Å². The highest BCUT2D eigenvalue weighted by molar-refractivity contribution is 5.80. The van der Waals surface area contributed by atoms with Gasteiger partial charge in [-0.2, -0.15) is 0 Å². The molecular formula is C22H34N4O2. The maximum Gasteiger partial charge on any atom is 0.194 e. The number of hydrogen-bond donors (Lipinski definition) is 1. The first kappa shape index (κ1) is 19.7. The number of ether oxygens (including phenoxy) is 2. The summed E-state index contributed by atoms with van der Waals surface area (Å²) in [7, 11) is 0. The summed E-state index contributed by atoms with van der Waals surface area (Å²) in [5.41, 5.74) is 2.99. The number of guanidine groups is 1. The van der Waals surface area contributed by atoms with E-state index in [1.807, 2.05) is 0 Å². The van der Waals surface area contributed by atoms with Gasteiger partial charge in [-0.1, -0.05) is 24.3 Å². The van der Waals surface area contributed by atoms with E-state index in [0.29, 0.717) is 5.41 Å². The lowest BCUT2D eigenvalue weighted by molar-refractivity contribution is 0.0342. The van der Waals surface area contributed by atoms with Crippen molar-refractivity contribution in [3.8, 4) is 0 Å². The molecule has 0 amide bonds. The van der Waals surface area contributed by atoms with Crippen LogP contribution in [0.4, 0.5) is 0 Å². The lowest BCUT2D eigenvalue weighted by atomic mass is 9.87. The molecule has 1 atom stereocenters. The van der Waals surface area contributed by atoms with Crippen molar-refractivity contribution in [3.63, 3.8) is 0 Å². The normalized spacial score (nSPS) is 26.3. The zero-order chi connectivity index (χ0) is 19.2. The molecule has 6 nitrogen and oxygen atoms in total. The Morgan fingerprint density at radius 2 is 1.82 bits per heavy atom. The number of rotatable bonds is 5. The van der Waals surface area contributed by atoms with Crippen molar-refractivity contribution >= 4 is 5.96 Å². The lowest BCUT2D eigenvalue weighted by Gasteiger charge is -2.26. The third kappa shape index (κ3) is 4.85. The quantitative estimate of drug-likeness (QED) is 0.620. The molecule has 0 bridgehead atoms. The highest BCUT2D eigenvalue weighted by Gasteiger charge is 2.42. The van der Waals surface area contributed by atoms with Crippen molar-refractivity contribution in [2.24, 2.45) is 10.4 Å². The van der Waals surface area contributed by atoms with Crippen LogP contribution >= 0.6 is 0 Å². The molecule has 154 valence electrons. The molecule has 6 heteroatoms. The molecule has 1 N–H and O–H groups in total. The molecular weight excluding hydrogens is 352 g/mol. The number of likely N-dealkylation sites (tertiary alicyclic amines) is 1. The average Bonchev–Trinajstić information content (AvgIpc) is 3.37. The molecule has 0 aliphatic carbocycles. The molecule has 1 unspecified atom stereocenters. The summed E-state index contributed by atoms with van der Waals surface area (Å²) in [6.07, 6.45) is 2.40. The first-order valence-corrected chi connectivity index (χ1v) is 10.8. The van der Waals surface area contributed by atoms with Crippen LogP contribution in [0.15, 0.2) is 29.3 Å². The fourth-order valence-corrected chi connectivity index (χ4v) is 4.45. The Kier molecular flexibility index (Phi) is 6.50. The van der Waals surface area contributed by atoms with Gasteiger partial charge in [0.15, 0.2) is 5.96 Å². The molecule has 3 fully saturated rings. The van der Waals surface area contributed by atoms with Gasteiger partial charge in [0.1, 0.15) is 0 Å². The number of aliphatic imine (C=N–C) groups is 1. The molecule has 4 rings (SSSR count). The SMILES string of the molecule is CCNC(=NCc1ccc(CN2CCOCC2)cc1)N1CCC2(CCOC2)C1. The van der Waals surface area contributed by atoms with Crippen LogP contribution in [0.3, 0.4) is 0 Å². The minimum absolute atomic E-state index is 0.358. The molecule has 1 aromatic rings. The van der Waals surface area contributed by atoms with E-state index in [2.05, 4.69) is 46.3 Å². The third-order valence-electron chi connectivity index (χ3n) is 6.20. The summed E-state index contributed by atoms with van der Waals surface area (Å²) in [6.45, 7) is 12.5. The monoisotopic (exact) mass is 386 g/mol. The van der Waals surface area contributed by atoms with E-state index >= 15 is 0 Å². The second-order valence-corrected chi connectivity index (χ2v) is 8.35. The van der Waals surface area contributed by atoms with Crippen molar-refractivity contribution in [1.82, 2.24) is 15.1 Å². The van der Waals surface area contributed by atoms with Gasteiger partial charge in [-0.25, -0.2) is 4.99 Å². The largest absolute Gasteiger partial charge is 0.381 e. The van der Waals surface area contributed by atoms with Crippen molar-refractivity contribution in [3.05, 3.63) is 35.4 Å². The van der Waals surface area contributed by atoms with Gasteiger partial charge >= 0.3 is 0 Å². The summed E-state index contributed by atoms with van der Waals surface area (Å²) in [5, 5.41) is 3.48. The molecule has 1 spiro atoms. The minimum atomic E-state index is 0.358. The maximum absolute atomic E-state index is 5.67. The molecule has 0 radical (unpaired) electrons. The van der Waals surface area contributed by atoms with E-state index < -0.39 is 0 Å². The summed E-state index contributed by atoms with van der Waals surface area (Å²) in [5.74, 6) is 1.05. The Morgan fingerprint density at radius 3 is 2.54 bits per heavy atom. The van der Waals surface area contributed by atoms with Gasteiger partial charge in [0.05, 0.1) is 26.4 Å². The number of hydrogen-bond acceptors (Lipinski definition) is 4. The fourth-order valence-electron chi connectivity index (χ4n) is 4.45. The van der Waals surface area contributed by atoms with Gasteiger partial charge in [-0.3, -0.25) is 4.90 Å². The van der Waals surface area contributed by atoms with Crippen LogP contribution in [-0.4, -0.2) is 74.9 Å². The van der Waals surface area contributed by atoms with Crippen LogP contribution in [0.25, 0.3) is 0 Å². The number of nitrogens with one attached hydrogen (secondary N) is 1. The summed E-state index contributed by atoms with van der Waals surface area (Å²) < 4.78 is 11.1. The number of morpholine rings is 1. The minimum Gasteiger partial charge on any atom is -0.381 e. The van der Waals surface area contributed by atoms with Gasteiger partial charge in [0, 0.05) is 51.3 Å². The molecule has 3 aliphatic heterocycles. The number of nitrogens with zero attached hydrogens (tertiary/aromatic N) is 3. The van der Waals surface area contributed by atoms with Crippen LogP contribution in [0.1, 0.15) is 30.9 Å². The second kappa shape index (κ2) is 9.25. The highest BCUT2D eigenvalue weighted by atomic mass is 16.5. The van der Waals surface area contributed by atoms with E-state index in [-0.39, 0.29) is 0 Å². The van der Waals surface area contributed by atoms with Gasteiger partial charge in [-0.05, 0) is 30.9 Å². The standard InChI is InChI=1S/C22H34N4O2/c1-2-23-21(26-9-7-22(17-26)8-12-28-18-22)24-15-19-3-5-20(6-4-19)16-25-10-13-27-14-11-25/h3-6H,2,7-18H2,1H3,(H,23,24). The topological polar surface area (TPSA) is 49.3 Å². The van der Waals surface area contributed by atoms with E-state index in [9.17, 15) is 0 Å². The summed E-state index contributed by atoms with van der Waals surface area (Å²) >= 11 is 0. The first-order valence-electron chi connectivity index (χ1n) is 10.8. The molecule has 3 aliphatic rings. The van der Waals surface area contributed by atoms with E-state index in [1.165, 1.54) is 24.0 Å². The zero-order valence-electron chi connectivity index (χ0n) is 17.2. The molecule has 3 saturated heterocycles. The van der Waals surface area contributed by atoms with E-state index in [0.717, 1.165) is 78.2 Å². The van der Waals surface area contributed by atoms with Gasteiger partial charge < -0.3 is 19.7 Å². The Balaban J connectivity index is 1.34. The predicted molar refractivity (Wildman–Crippen MR) is 111 cm³/mol. The van der Waals surface area contributed by atoms with Crippen molar-refractivity contribution in [2.75, 3.05) is 59.2 Å². The first-order chi connectivity index (χ1) is 13.8. The molecule has 0 aromatic heterocycles. The Bertz CT molecular complexity index is 649. The van der Waals surface area contributed by atoms with E-state index in [4.69, 9.17) is 14.5 Å². The van der Waals surface area contributed by atoms with Crippen LogP contribution in [0.5, 0.6) is 0 Å². The van der Waals surface area contributed by atoms with Crippen molar-refractivity contribution in [2.45, 2.75) is 32.9 Å². The van der Waals surface area contributed by atoms with Crippen LogP contribution in [0.2, 0.25) is 0 Å². The fraction of sp³-hybridized carbons (Fsp3) is 0.682. The number of benzene rings is 1. The smallest absolute Gasteiger partial charge is 0.194 e. The molecule has 28 heavy (non-hydrogen) atoms. The zero-order valence-corrected chi connectivity index (χ0v) is 17.2. The summed E-state index contributed by atoms with van der Waals surface area (Å²) in [4.78, 5) is 9.81. The van der Waals surface area contributed by atoms with Gasteiger partial charge in [-0.15, -0.1) is 0 Å². The molecule has 3 heterocycles. The lowest BCUT2D eigenvalue weighted by Crippen LogP contribution is -2.41. The second-order valence-electron chi connectivity index (χ2n) is 8.35. The van der Waals surface area contributed by atoms with Crippen molar-refractivity contribution < 1.29 is 9.47 Å². The average molecular weight is 387 g/mol. The van der Waals surface area contributed by atoms with Crippen LogP contribution in [-0.2, 0) is 22.6 Å². The van der Waals surface area contributed by atoms with Crippen molar-refractivity contribution in [1.29, 1.82) is 0 Å². The Morgan fingerprint density at radius 1 is 1.04 bits per heavy atom. The van der Waals surface area contributed by atoms with E-state index in [1.54, 1.807) is 0 Å². The maximum atomic E-state index is 5.67.